The highest BCUT2D eigenvalue weighted by Crippen LogP contribution is 2.55. The topological polar surface area (TPSA) is 281 Å². The maximum atomic E-state index is 12.7. The van der Waals surface area contributed by atoms with Gasteiger partial charge in [-0.2, -0.15) is 16.8 Å². The van der Waals surface area contributed by atoms with Crippen molar-refractivity contribution in [3.05, 3.63) is 258 Å². The van der Waals surface area contributed by atoms with Crippen molar-refractivity contribution in [1.82, 2.24) is 0 Å². The zero-order chi connectivity index (χ0) is 68.7. The highest BCUT2D eigenvalue weighted by atomic mass is 35.5. The fourth-order valence-corrected chi connectivity index (χ4v) is 17.1. The lowest BCUT2D eigenvalue weighted by Crippen LogP contribution is -2.07. The lowest BCUT2D eigenvalue weighted by atomic mass is 9.97. The second-order valence-electron chi connectivity index (χ2n) is 19.2. The van der Waals surface area contributed by atoms with Gasteiger partial charge in [-0.15, -0.1) is 0 Å². The zero-order valence-corrected chi connectivity index (χ0v) is 58.1. The third-order valence-electron chi connectivity index (χ3n) is 13.4. The molecule has 18 nitrogen and oxygen atoms in total. The summed E-state index contributed by atoms with van der Waals surface area (Å²) in [6.07, 6.45) is 0. The predicted octanol–water partition coefficient (Wildman–Crippen LogP) is 23.6. The van der Waals surface area contributed by atoms with Crippen molar-refractivity contribution in [3.8, 4) is 66.8 Å². The van der Waals surface area contributed by atoms with Crippen LogP contribution in [0, 0.1) is 40.5 Å². The molecular weight excluding hydrogens is 1550 g/mol. The van der Waals surface area contributed by atoms with Gasteiger partial charge in [0.25, 0.3) is 22.7 Å². The number of nitro groups is 4. The summed E-state index contributed by atoms with van der Waals surface area (Å²) in [7, 11) is -10.7. The van der Waals surface area contributed by atoms with Crippen LogP contribution in [0.1, 0.15) is 0 Å². The summed E-state index contributed by atoms with van der Waals surface area (Å²) in [6.45, 7) is 0. The van der Waals surface area contributed by atoms with E-state index in [9.17, 15) is 66.4 Å². The highest BCUT2D eigenvalue weighted by molar-refractivity contribution is 8.00. The van der Waals surface area contributed by atoms with E-state index in [4.69, 9.17) is 139 Å². The Morgan fingerprint density at radius 1 is 0.319 bits per heavy atom. The molecule has 10 aromatic rings. The smallest absolute Gasteiger partial charge is 0.282 e. The Bertz CT molecular complexity index is 4790. The number of halogens is 12. The van der Waals surface area contributed by atoms with Crippen molar-refractivity contribution in [2.75, 3.05) is 0 Å². The molecule has 34 heteroatoms. The summed E-state index contributed by atoms with van der Waals surface area (Å²) in [6, 6.07) is 38.2. The van der Waals surface area contributed by atoms with Gasteiger partial charge in [0, 0.05) is 97.3 Å². The SMILES string of the molecule is O=[N+]([O-])c1c(-c2ccccc2)cc(-c2c(Cl)ccc(Sc3ccc(Cl)c(-c4cc(-c5ccccc5)c([N+](=O)[O-])c(S(=O)(=O)O)c4Cl)c3Cl)c2Cl)c(Cl)c1S(=O)(=O)O.O=[N+]([O-])c1cc(Cl)cc(-c2c(Cl)ccc(Sc3ccc(Cl)c(-c4cc(Cl)cc([N+](=O)[O-])c4)c3Cl)c2Cl)c1. The molecule has 0 saturated heterocycles. The Balaban J connectivity index is 0.000000242. The molecule has 0 radical (unpaired) electrons. The van der Waals surface area contributed by atoms with Crippen LogP contribution in [0.2, 0.25) is 60.3 Å². The molecule has 0 fully saturated rings. The Morgan fingerprint density at radius 3 is 0.883 bits per heavy atom. The normalized spacial score (nSPS) is 11.5. The van der Waals surface area contributed by atoms with Gasteiger partial charge in [0.15, 0.2) is 9.79 Å². The first-order valence-electron chi connectivity index (χ1n) is 25.5. The van der Waals surface area contributed by atoms with Crippen LogP contribution in [0.15, 0.2) is 187 Å². The van der Waals surface area contributed by atoms with E-state index in [1.807, 2.05) is 0 Å². The molecule has 0 saturated carbocycles. The standard InChI is InChI=1S/C36H18Cl6N2O10S3.C24H10Cl6N2O4S/c37-23-11-13-25(31(41)27(23)21-15-19(17-7-3-1-4-8-17)33(43(45)46)35(29(21)39)56(49,50)51)55-26-14-12-24(38)28(32(26)42)22-16-20(18-9-5-2-6-10-18)34(44(47)48)36(30(22)40)57(52,53)54;25-13-5-11(7-15(9-13)31(33)34)21-17(27)1-3-19(23(21)29)37-20-4-2-18(28)22(24(20)30)12-6-14(26)10-16(8-12)32(35)36/h1-16H,(H,49,50,51)(H,52,53,54);1-10H. The molecule has 10 aromatic carbocycles. The molecule has 0 aliphatic rings. The van der Waals surface area contributed by atoms with Crippen LogP contribution in [0.3, 0.4) is 0 Å². The van der Waals surface area contributed by atoms with Gasteiger partial charge in [-0.25, -0.2) is 0 Å². The summed E-state index contributed by atoms with van der Waals surface area (Å²) in [5, 5.41) is 46.5. The summed E-state index contributed by atoms with van der Waals surface area (Å²) >= 11 is 80.8. The fourth-order valence-electron chi connectivity index (χ4n) is 9.48. The summed E-state index contributed by atoms with van der Waals surface area (Å²) < 4.78 is 71.1. The molecule has 0 aromatic heterocycles. The lowest BCUT2D eigenvalue weighted by Gasteiger charge is -2.18. The number of non-ortho nitro benzene ring substituents is 2. The minimum Gasteiger partial charge on any atom is -0.282 e. The van der Waals surface area contributed by atoms with Crippen molar-refractivity contribution >= 4 is 206 Å². The average Bonchev–Trinajstić information content (AvgIpc) is 0.749. The Hall–Kier alpha value is -6.20. The monoisotopic (exact) mass is 1580 g/mol. The minimum atomic E-state index is -5.34. The maximum Gasteiger partial charge on any atom is 0.302 e. The van der Waals surface area contributed by atoms with Crippen molar-refractivity contribution in [2.24, 2.45) is 0 Å². The van der Waals surface area contributed by atoms with Crippen LogP contribution in [-0.2, 0) is 20.2 Å². The van der Waals surface area contributed by atoms with Gasteiger partial charge in [-0.05, 0) is 95.1 Å². The van der Waals surface area contributed by atoms with E-state index >= 15 is 0 Å². The first-order valence-corrected chi connectivity index (χ1v) is 34.5. The Morgan fingerprint density at radius 2 is 0.606 bits per heavy atom. The highest BCUT2D eigenvalue weighted by Gasteiger charge is 2.38. The van der Waals surface area contributed by atoms with Crippen LogP contribution >= 0.6 is 163 Å². The molecule has 0 atom stereocenters. The minimum absolute atomic E-state index is 0.0767. The molecule has 2 N–H and O–H groups in total. The Labute approximate surface area is 600 Å². The molecule has 0 amide bonds. The molecule has 0 bridgehead atoms. The molecule has 0 aliphatic heterocycles. The molecule has 94 heavy (non-hydrogen) atoms. The van der Waals surface area contributed by atoms with Crippen LogP contribution in [0.4, 0.5) is 22.7 Å². The van der Waals surface area contributed by atoms with Crippen molar-refractivity contribution in [3.63, 3.8) is 0 Å². The molecule has 0 spiro atoms. The number of hydrogen-bond donors (Lipinski definition) is 2. The molecular formula is C60H28Cl12N4O14S4. The van der Waals surface area contributed by atoms with E-state index in [2.05, 4.69) is 0 Å². The summed E-state index contributed by atoms with van der Waals surface area (Å²) in [4.78, 5) is 43.2. The van der Waals surface area contributed by atoms with E-state index in [0.717, 1.165) is 11.8 Å². The lowest BCUT2D eigenvalue weighted by molar-refractivity contribution is -0.387. The number of nitro benzene ring substituents is 4. The number of rotatable bonds is 16. The molecule has 480 valence electrons. The second kappa shape index (κ2) is 29.3. The van der Waals surface area contributed by atoms with Gasteiger partial charge in [0.05, 0.1) is 71.0 Å². The van der Waals surface area contributed by atoms with E-state index in [-0.39, 0.29) is 116 Å². The van der Waals surface area contributed by atoms with E-state index in [1.54, 1.807) is 60.7 Å². The number of hydrogen-bond acceptors (Lipinski definition) is 14. The van der Waals surface area contributed by atoms with Crippen LogP contribution in [0.25, 0.3) is 66.8 Å². The fraction of sp³-hybridized carbons (Fsp3) is 0. The molecule has 0 heterocycles. The molecule has 0 aliphatic carbocycles. The zero-order valence-electron chi connectivity index (χ0n) is 45.8. The van der Waals surface area contributed by atoms with Crippen LogP contribution in [0.5, 0.6) is 0 Å². The quantitative estimate of drug-likeness (QED) is 0.0516. The van der Waals surface area contributed by atoms with Gasteiger partial charge >= 0.3 is 20.2 Å². The first-order chi connectivity index (χ1) is 44.2. The van der Waals surface area contributed by atoms with Gasteiger partial charge in [-0.1, -0.05) is 223 Å². The van der Waals surface area contributed by atoms with Gasteiger partial charge < -0.3 is 0 Å². The second-order valence-corrected chi connectivity index (χ2v) is 28.8. The van der Waals surface area contributed by atoms with Gasteiger partial charge in [-0.3, -0.25) is 49.6 Å². The number of benzene rings is 10. The van der Waals surface area contributed by atoms with E-state index < -0.39 is 71.1 Å². The predicted molar refractivity (Wildman–Crippen MR) is 373 cm³/mol. The first kappa shape index (κ1) is 72.1. The molecule has 0 unspecified atom stereocenters. The third-order valence-corrected chi connectivity index (χ3v) is 22.2. The van der Waals surface area contributed by atoms with Crippen molar-refractivity contribution in [2.45, 2.75) is 29.4 Å². The van der Waals surface area contributed by atoms with Gasteiger partial charge in [0.2, 0.25) is 0 Å². The van der Waals surface area contributed by atoms with Crippen LogP contribution in [-0.4, -0.2) is 45.6 Å². The summed E-state index contributed by atoms with van der Waals surface area (Å²) in [5.74, 6) is 0. The maximum absolute atomic E-state index is 12.7. The third kappa shape index (κ3) is 15.2. The molecule has 10 rings (SSSR count). The van der Waals surface area contributed by atoms with Crippen molar-refractivity contribution in [1.29, 1.82) is 0 Å². The largest absolute Gasteiger partial charge is 0.302 e. The van der Waals surface area contributed by atoms with Crippen LogP contribution < -0.4 is 0 Å². The average molecular weight is 1580 g/mol. The van der Waals surface area contributed by atoms with Gasteiger partial charge in [0.1, 0.15) is 0 Å². The van der Waals surface area contributed by atoms with Crippen molar-refractivity contribution < 1.29 is 45.6 Å². The summed E-state index contributed by atoms with van der Waals surface area (Å²) in [5.41, 5.74) is -1.60. The Kier molecular flexibility index (Phi) is 22.4. The number of nitrogens with zero attached hydrogens (tertiary/aromatic N) is 4. The van der Waals surface area contributed by atoms with E-state index in [1.165, 1.54) is 109 Å². The van der Waals surface area contributed by atoms with E-state index in [0.29, 0.717) is 32.0 Å².